The van der Waals surface area contributed by atoms with Gasteiger partial charge in [-0.3, -0.25) is 4.90 Å². The first-order valence-corrected chi connectivity index (χ1v) is 7.16. The van der Waals surface area contributed by atoms with E-state index in [4.69, 9.17) is 10.5 Å². The molecule has 1 atom stereocenters. The average molecular weight is 252 g/mol. The third-order valence-corrected chi connectivity index (χ3v) is 4.13. The molecule has 0 spiro atoms. The van der Waals surface area contributed by atoms with Crippen LogP contribution in [0.3, 0.4) is 0 Å². The van der Waals surface area contributed by atoms with E-state index in [0.29, 0.717) is 12.6 Å². The van der Waals surface area contributed by atoms with E-state index >= 15 is 0 Å². The van der Waals surface area contributed by atoms with Crippen LogP contribution in [0, 0.1) is 0 Å². The van der Waals surface area contributed by atoms with Crippen LogP contribution in [-0.4, -0.2) is 43.1 Å². The molecule has 0 amide bonds. The van der Waals surface area contributed by atoms with Gasteiger partial charge in [0.15, 0.2) is 0 Å². The van der Waals surface area contributed by atoms with Gasteiger partial charge in [-0.25, -0.2) is 0 Å². The van der Waals surface area contributed by atoms with Gasteiger partial charge >= 0.3 is 0 Å². The van der Waals surface area contributed by atoms with Crippen molar-refractivity contribution in [2.75, 3.05) is 38.2 Å². The molecule has 3 nitrogen and oxygen atoms in total. The van der Waals surface area contributed by atoms with E-state index in [2.05, 4.69) is 17.0 Å². The number of nitrogens with two attached hydrogens (primary N) is 1. The topological polar surface area (TPSA) is 38.5 Å². The van der Waals surface area contributed by atoms with Crippen molar-refractivity contribution >= 4 is 11.8 Å². The lowest BCUT2D eigenvalue weighted by Crippen LogP contribution is -2.39. The third-order valence-electron chi connectivity index (χ3n) is 3.19. The first kappa shape index (κ1) is 12.7. The smallest absolute Gasteiger partial charge is 0.119 e. The first-order valence-electron chi connectivity index (χ1n) is 6.01. The summed E-state index contributed by atoms with van der Waals surface area (Å²) in [5.41, 5.74) is 7.20. The maximum atomic E-state index is 5.94. The third kappa shape index (κ3) is 3.15. The lowest BCUT2D eigenvalue weighted by atomic mass is 10.0. The summed E-state index contributed by atoms with van der Waals surface area (Å²) in [6.45, 7) is 2.92. The first-order chi connectivity index (χ1) is 8.35. The Morgan fingerprint density at radius 3 is 2.82 bits per heavy atom. The van der Waals surface area contributed by atoms with Crippen LogP contribution in [0.25, 0.3) is 0 Å². The second kappa shape index (κ2) is 6.28. The second-order valence-corrected chi connectivity index (χ2v) is 5.40. The molecule has 4 heteroatoms. The van der Waals surface area contributed by atoms with Crippen molar-refractivity contribution in [1.82, 2.24) is 4.90 Å². The van der Waals surface area contributed by atoms with E-state index in [9.17, 15) is 0 Å². The zero-order valence-electron chi connectivity index (χ0n) is 10.3. The van der Waals surface area contributed by atoms with E-state index in [0.717, 1.165) is 18.8 Å². The van der Waals surface area contributed by atoms with Crippen molar-refractivity contribution in [3.63, 3.8) is 0 Å². The van der Waals surface area contributed by atoms with E-state index in [1.807, 2.05) is 23.9 Å². The molecule has 0 aromatic heterocycles. The molecule has 1 aliphatic heterocycles. The van der Waals surface area contributed by atoms with Gasteiger partial charge in [-0.15, -0.1) is 0 Å². The Kier molecular flexibility index (Phi) is 4.71. The highest BCUT2D eigenvalue weighted by Gasteiger charge is 2.21. The van der Waals surface area contributed by atoms with Crippen molar-refractivity contribution < 1.29 is 4.74 Å². The monoisotopic (exact) mass is 252 g/mol. The summed E-state index contributed by atoms with van der Waals surface area (Å²) >= 11 is 2.02. The minimum Gasteiger partial charge on any atom is -0.497 e. The van der Waals surface area contributed by atoms with Gasteiger partial charge < -0.3 is 10.5 Å². The van der Waals surface area contributed by atoms with E-state index in [1.54, 1.807) is 7.11 Å². The Hall–Kier alpha value is -0.710. The maximum Gasteiger partial charge on any atom is 0.119 e. The lowest BCUT2D eigenvalue weighted by Gasteiger charge is -2.34. The Morgan fingerprint density at radius 2 is 2.18 bits per heavy atom. The molecule has 0 aliphatic carbocycles. The zero-order valence-corrected chi connectivity index (χ0v) is 11.1. The molecule has 1 fully saturated rings. The second-order valence-electron chi connectivity index (χ2n) is 4.18. The number of ether oxygens (including phenoxy) is 1. The van der Waals surface area contributed by atoms with Crippen LogP contribution in [0.4, 0.5) is 0 Å². The van der Waals surface area contributed by atoms with Crippen LogP contribution in [0.15, 0.2) is 24.3 Å². The summed E-state index contributed by atoms with van der Waals surface area (Å²) < 4.78 is 5.27. The molecule has 1 aromatic carbocycles. The summed E-state index contributed by atoms with van der Waals surface area (Å²) in [5, 5.41) is 0. The van der Waals surface area contributed by atoms with Crippen molar-refractivity contribution in [1.29, 1.82) is 0 Å². The van der Waals surface area contributed by atoms with E-state index in [1.165, 1.54) is 17.1 Å². The standard InChI is InChI=1S/C13H20N2OS/c1-16-12-4-2-3-11(9-12)13(10-14)15-5-7-17-8-6-15/h2-4,9,13H,5-8,10,14H2,1H3. The molecule has 17 heavy (non-hydrogen) atoms. The number of thioether (sulfide) groups is 1. The zero-order chi connectivity index (χ0) is 12.1. The number of rotatable bonds is 4. The molecule has 1 aromatic rings. The molecular formula is C13H20N2OS. The molecule has 1 heterocycles. The minimum absolute atomic E-state index is 0.325. The van der Waals surface area contributed by atoms with Gasteiger partial charge in [0.2, 0.25) is 0 Å². The fourth-order valence-corrected chi connectivity index (χ4v) is 3.17. The highest BCUT2D eigenvalue weighted by Crippen LogP contribution is 2.25. The predicted molar refractivity (Wildman–Crippen MR) is 73.7 cm³/mol. The summed E-state index contributed by atoms with van der Waals surface area (Å²) in [4.78, 5) is 2.48. The largest absolute Gasteiger partial charge is 0.497 e. The van der Waals surface area contributed by atoms with Crippen LogP contribution in [-0.2, 0) is 0 Å². The van der Waals surface area contributed by atoms with Crippen LogP contribution in [0.1, 0.15) is 11.6 Å². The molecule has 2 rings (SSSR count). The average Bonchev–Trinajstić information content (AvgIpc) is 2.41. The number of nitrogens with zero attached hydrogens (tertiary/aromatic N) is 1. The van der Waals surface area contributed by atoms with Gasteiger partial charge in [0, 0.05) is 37.2 Å². The molecule has 0 bridgehead atoms. The van der Waals surface area contributed by atoms with E-state index < -0.39 is 0 Å². The molecule has 1 unspecified atom stereocenters. The van der Waals surface area contributed by atoms with Crippen LogP contribution in [0.2, 0.25) is 0 Å². The van der Waals surface area contributed by atoms with Gasteiger partial charge in [0.25, 0.3) is 0 Å². The number of hydrogen-bond acceptors (Lipinski definition) is 4. The SMILES string of the molecule is COc1cccc(C(CN)N2CCSCC2)c1. The van der Waals surface area contributed by atoms with Crippen molar-refractivity contribution in [2.45, 2.75) is 6.04 Å². The Labute approximate surface area is 107 Å². The van der Waals surface area contributed by atoms with Gasteiger partial charge in [-0.2, -0.15) is 11.8 Å². The van der Waals surface area contributed by atoms with Gasteiger partial charge in [-0.05, 0) is 17.7 Å². The normalized spacial score (nSPS) is 18.9. The van der Waals surface area contributed by atoms with Gasteiger partial charge in [0.05, 0.1) is 7.11 Å². The summed E-state index contributed by atoms with van der Waals surface area (Å²) in [5.74, 6) is 3.33. The Morgan fingerprint density at radius 1 is 1.41 bits per heavy atom. The summed E-state index contributed by atoms with van der Waals surface area (Å²) in [6, 6.07) is 8.57. The van der Waals surface area contributed by atoms with Crippen molar-refractivity contribution in [3.8, 4) is 5.75 Å². The quantitative estimate of drug-likeness (QED) is 0.886. The summed E-state index contributed by atoms with van der Waals surface area (Å²) in [7, 11) is 1.70. The molecule has 0 radical (unpaired) electrons. The Bertz CT molecular complexity index is 353. The molecule has 0 saturated carbocycles. The number of hydrogen-bond donors (Lipinski definition) is 1. The highest BCUT2D eigenvalue weighted by atomic mass is 32.2. The van der Waals surface area contributed by atoms with Crippen LogP contribution >= 0.6 is 11.8 Å². The predicted octanol–water partition coefficient (Wildman–Crippen LogP) is 1.74. The molecule has 94 valence electrons. The highest BCUT2D eigenvalue weighted by molar-refractivity contribution is 7.99. The van der Waals surface area contributed by atoms with E-state index in [-0.39, 0.29) is 0 Å². The fourth-order valence-electron chi connectivity index (χ4n) is 2.23. The summed E-state index contributed by atoms with van der Waals surface area (Å²) in [6.07, 6.45) is 0. The lowest BCUT2D eigenvalue weighted by molar-refractivity contribution is 0.223. The van der Waals surface area contributed by atoms with Gasteiger partial charge in [0.1, 0.15) is 5.75 Å². The minimum atomic E-state index is 0.325. The molecule has 2 N–H and O–H groups in total. The molecule has 1 aliphatic rings. The molecule has 1 saturated heterocycles. The molecular weight excluding hydrogens is 232 g/mol. The fraction of sp³-hybridized carbons (Fsp3) is 0.538. The number of methoxy groups -OCH3 is 1. The maximum absolute atomic E-state index is 5.94. The van der Waals surface area contributed by atoms with Gasteiger partial charge in [-0.1, -0.05) is 12.1 Å². The van der Waals surface area contributed by atoms with Crippen molar-refractivity contribution in [3.05, 3.63) is 29.8 Å². The van der Waals surface area contributed by atoms with Crippen LogP contribution < -0.4 is 10.5 Å². The van der Waals surface area contributed by atoms with Crippen molar-refractivity contribution in [2.24, 2.45) is 5.73 Å². The Balaban J connectivity index is 2.15. The number of benzene rings is 1. The van der Waals surface area contributed by atoms with Crippen LogP contribution in [0.5, 0.6) is 5.75 Å².